The van der Waals surface area contributed by atoms with Gasteiger partial charge in [0.25, 0.3) is 0 Å². The third kappa shape index (κ3) is 5.47. The smallest absolute Gasteiger partial charge is 0.219 e. The molecule has 0 spiro atoms. The van der Waals surface area contributed by atoms with Crippen LogP contribution in [0.4, 0.5) is 9.52 Å². The van der Waals surface area contributed by atoms with Crippen LogP contribution in [0.25, 0.3) is 0 Å². The number of rotatable bonds is 7. The van der Waals surface area contributed by atoms with Gasteiger partial charge in [0.05, 0.1) is 30.4 Å². The van der Waals surface area contributed by atoms with Crippen molar-refractivity contribution in [2.75, 3.05) is 17.8 Å². The Bertz CT molecular complexity index is 1640. The number of hydrogen-bond acceptors (Lipinski definition) is 10. The lowest BCUT2D eigenvalue weighted by Gasteiger charge is -2.42. The molecule has 1 unspecified atom stereocenters. The van der Waals surface area contributed by atoms with Crippen LogP contribution in [0.1, 0.15) is 48.5 Å². The third-order valence-corrected chi connectivity index (χ3v) is 9.37. The van der Waals surface area contributed by atoms with Gasteiger partial charge in [-0.05, 0) is 48.2 Å². The number of hydrogen-bond donors (Lipinski definition) is 1. The molecule has 41 heavy (non-hydrogen) atoms. The van der Waals surface area contributed by atoms with Crippen molar-refractivity contribution in [1.82, 2.24) is 10.2 Å². The lowest BCUT2D eigenvalue weighted by Crippen LogP contribution is -2.42. The van der Waals surface area contributed by atoms with E-state index in [1.54, 1.807) is 36.3 Å². The Morgan fingerprint density at radius 2 is 2.00 bits per heavy atom. The van der Waals surface area contributed by atoms with Crippen LogP contribution in [0.2, 0.25) is 5.02 Å². The van der Waals surface area contributed by atoms with Gasteiger partial charge in [-0.3, -0.25) is 14.5 Å². The maximum atomic E-state index is 15.2. The Morgan fingerprint density at radius 3 is 2.66 bits per heavy atom. The van der Waals surface area contributed by atoms with Crippen LogP contribution in [0, 0.1) is 22.6 Å². The van der Waals surface area contributed by atoms with E-state index >= 15 is 4.39 Å². The van der Waals surface area contributed by atoms with Gasteiger partial charge in [-0.2, -0.15) is 5.26 Å². The van der Waals surface area contributed by atoms with E-state index < -0.39 is 17.2 Å². The van der Waals surface area contributed by atoms with Crippen LogP contribution >= 0.6 is 34.7 Å². The predicted octanol–water partition coefficient (Wildman–Crippen LogP) is 6.26. The van der Waals surface area contributed by atoms with Crippen LogP contribution in [0.15, 0.2) is 69.5 Å². The number of anilines is 1. The van der Waals surface area contributed by atoms with E-state index in [0.717, 1.165) is 0 Å². The van der Waals surface area contributed by atoms with Gasteiger partial charge in [0.15, 0.2) is 15.9 Å². The first-order valence-electron chi connectivity index (χ1n) is 12.6. The molecule has 1 atom stereocenters. The predicted molar refractivity (Wildman–Crippen MR) is 156 cm³/mol. The van der Waals surface area contributed by atoms with Gasteiger partial charge in [-0.15, -0.1) is 10.2 Å². The number of allylic oxidation sites excluding steroid dienone is 3. The molecule has 1 aromatic heterocycles. The summed E-state index contributed by atoms with van der Waals surface area (Å²) in [5, 5.41) is 19.2. The number of carbonyl (C=O) groups excluding carboxylic acids is 2. The molecule has 5 rings (SSSR count). The van der Waals surface area contributed by atoms with E-state index in [4.69, 9.17) is 22.1 Å². The van der Waals surface area contributed by atoms with E-state index in [0.29, 0.717) is 32.9 Å². The highest BCUT2D eigenvalue weighted by Gasteiger charge is 2.46. The number of Topliss-reactive ketones (excluding diaryl/α,β-unsaturated/α-hetero) is 2. The number of benzene rings is 2. The fourth-order valence-electron chi connectivity index (χ4n) is 5.14. The number of thioether (sulfide) groups is 1. The summed E-state index contributed by atoms with van der Waals surface area (Å²) in [5.74, 6) is -1.16. The summed E-state index contributed by atoms with van der Waals surface area (Å²) in [7, 11) is 1.56. The highest BCUT2D eigenvalue weighted by molar-refractivity contribution is 8.01. The lowest BCUT2D eigenvalue weighted by atomic mass is 9.68. The van der Waals surface area contributed by atoms with Crippen LogP contribution in [0.3, 0.4) is 0 Å². The summed E-state index contributed by atoms with van der Waals surface area (Å²) in [6.45, 7) is 3.92. The topological polar surface area (TPSA) is 122 Å². The summed E-state index contributed by atoms with van der Waals surface area (Å²) in [6, 6.07) is 13.2. The Hall–Kier alpha value is -3.72. The summed E-state index contributed by atoms with van der Waals surface area (Å²) in [4.78, 5) is 27.9. The molecular weight excluding hydrogens is 585 g/mol. The largest absolute Gasteiger partial charge is 0.497 e. The molecule has 1 aliphatic heterocycles. The SMILES string of the molecule is COc1ccc(C(=O)CSc2nnc(N3C(N)=C(C#N)C(c4c(F)cccc4Cl)C4=C3CC(C)(C)CC4=O)s2)cc1. The first kappa shape index (κ1) is 28.8. The van der Waals surface area contributed by atoms with Crippen LogP contribution in [0.5, 0.6) is 5.75 Å². The molecule has 0 fully saturated rings. The van der Waals surface area contributed by atoms with Gasteiger partial charge >= 0.3 is 0 Å². The number of nitrogens with two attached hydrogens (primary N) is 1. The van der Waals surface area contributed by atoms with Crippen LogP contribution in [-0.2, 0) is 4.79 Å². The minimum absolute atomic E-state index is 0.00268. The molecule has 210 valence electrons. The summed E-state index contributed by atoms with van der Waals surface area (Å²) < 4.78 is 20.8. The van der Waals surface area contributed by atoms with E-state index in [1.165, 1.54) is 41.3 Å². The molecule has 3 aromatic rings. The van der Waals surface area contributed by atoms with Crippen molar-refractivity contribution < 1.29 is 18.7 Å². The quantitative estimate of drug-likeness (QED) is 0.244. The molecular formula is C29H25ClFN5O3S2. The van der Waals surface area contributed by atoms with Crippen LogP contribution in [-0.4, -0.2) is 34.6 Å². The van der Waals surface area contributed by atoms with Crippen molar-refractivity contribution in [2.24, 2.45) is 11.1 Å². The van der Waals surface area contributed by atoms with Crippen molar-refractivity contribution in [3.63, 3.8) is 0 Å². The van der Waals surface area contributed by atoms with Gasteiger partial charge in [0.2, 0.25) is 5.13 Å². The number of ketones is 2. The molecule has 8 nitrogen and oxygen atoms in total. The fourth-order valence-corrected chi connectivity index (χ4v) is 7.19. The second-order valence-electron chi connectivity index (χ2n) is 10.4. The van der Waals surface area contributed by atoms with Crippen LogP contribution < -0.4 is 15.4 Å². The van der Waals surface area contributed by atoms with Gasteiger partial charge < -0.3 is 10.5 Å². The zero-order valence-electron chi connectivity index (χ0n) is 22.4. The highest BCUT2D eigenvalue weighted by Crippen LogP contribution is 2.52. The minimum Gasteiger partial charge on any atom is -0.497 e. The Balaban J connectivity index is 1.52. The molecule has 0 saturated heterocycles. The number of methoxy groups -OCH3 is 1. The first-order valence-corrected chi connectivity index (χ1v) is 14.8. The maximum Gasteiger partial charge on any atom is 0.219 e. The zero-order valence-corrected chi connectivity index (χ0v) is 24.8. The number of halogens is 2. The molecule has 2 aliphatic rings. The Labute approximate surface area is 249 Å². The normalized spacial score (nSPS) is 18.3. The van der Waals surface area contributed by atoms with Crippen molar-refractivity contribution in [2.45, 2.75) is 36.9 Å². The third-order valence-electron chi connectivity index (χ3n) is 7.00. The molecule has 0 bridgehead atoms. The summed E-state index contributed by atoms with van der Waals surface area (Å²) in [5.41, 5.74) is 7.59. The molecule has 2 N–H and O–H groups in total. The van der Waals surface area contributed by atoms with Gasteiger partial charge in [0.1, 0.15) is 17.4 Å². The van der Waals surface area contributed by atoms with Crippen molar-refractivity contribution in [3.8, 4) is 11.8 Å². The Morgan fingerprint density at radius 1 is 1.27 bits per heavy atom. The summed E-state index contributed by atoms with van der Waals surface area (Å²) >= 11 is 8.83. The molecule has 2 heterocycles. The van der Waals surface area contributed by atoms with E-state index in [-0.39, 0.29) is 51.3 Å². The molecule has 0 radical (unpaired) electrons. The van der Waals surface area contributed by atoms with Gasteiger partial charge in [0, 0.05) is 33.8 Å². The van der Waals surface area contributed by atoms with E-state index in [1.807, 2.05) is 13.8 Å². The van der Waals surface area contributed by atoms with Crippen molar-refractivity contribution >= 4 is 51.4 Å². The number of nitriles is 1. The molecule has 0 saturated carbocycles. The van der Waals surface area contributed by atoms with Gasteiger partial charge in [-0.25, -0.2) is 4.39 Å². The fraction of sp³-hybridized carbons (Fsp3) is 0.276. The van der Waals surface area contributed by atoms with E-state index in [2.05, 4.69) is 16.3 Å². The Kier molecular flexibility index (Phi) is 7.92. The monoisotopic (exact) mass is 609 g/mol. The van der Waals surface area contributed by atoms with Gasteiger partial charge in [-0.1, -0.05) is 54.6 Å². The standard InChI is InChI=1S/C29H25ClFN5O3S2/c1-29(2)11-20-25(21(37)12-29)23(24-18(30)5-4-6-19(24)31)17(13-32)26(33)36(20)27-34-35-28(41-27)40-14-22(38)15-7-9-16(39-3)10-8-15/h4-10,23H,11-12,14,33H2,1-3H3. The number of carbonyl (C=O) groups is 2. The average Bonchev–Trinajstić information content (AvgIpc) is 3.39. The first-order chi connectivity index (χ1) is 19.5. The second-order valence-corrected chi connectivity index (χ2v) is 13.0. The maximum absolute atomic E-state index is 15.2. The number of ether oxygens (including phenoxy) is 1. The lowest BCUT2D eigenvalue weighted by molar-refractivity contribution is -0.118. The molecule has 2 aromatic carbocycles. The molecule has 0 amide bonds. The zero-order chi connectivity index (χ0) is 29.5. The van der Waals surface area contributed by atoms with E-state index in [9.17, 15) is 14.9 Å². The van der Waals surface area contributed by atoms with Crippen molar-refractivity contribution in [3.05, 3.63) is 87.1 Å². The summed E-state index contributed by atoms with van der Waals surface area (Å²) in [6.07, 6.45) is 0.639. The average molecular weight is 610 g/mol. The second kappa shape index (κ2) is 11.3. The molecule has 1 aliphatic carbocycles. The molecule has 12 heteroatoms. The highest BCUT2D eigenvalue weighted by atomic mass is 35.5. The van der Waals surface area contributed by atoms with Crippen molar-refractivity contribution in [1.29, 1.82) is 5.26 Å². The number of aromatic nitrogens is 2. The number of nitrogens with zero attached hydrogens (tertiary/aromatic N) is 4. The minimum atomic E-state index is -1.05.